The molecule has 4 nitrogen and oxygen atoms in total. The van der Waals surface area contributed by atoms with Crippen molar-refractivity contribution in [3.8, 4) is 0 Å². The van der Waals surface area contributed by atoms with E-state index in [-0.39, 0.29) is 18.0 Å². The van der Waals surface area contributed by atoms with Gasteiger partial charge in [0.25, 0.3) is 0 Å². The number of hydrogen-bond donors (Lipinski definition) is 2. The van der Waals surface area contributed by atoms with Gasteiger partial charge in [0, 0.05) is 18.4 Å². The normalized spacial score (nSPS) is 44.9. The Balaban J connectivity index is 1.86. The fourth-order valence-corrected chi connectivity index (χ4v) is 5.26. The van der Waals surface area contributed by atoms with Gasteiger partial charge < -0.3 is 14.9 Å². The first-order valence-electron chi connectivity index (χ1n) is 8.22. The molecule has 0 aromatic carbocycles. The second-order valence-corrected chi connectivity index (χ2v) is 8.70. The highest BCUT2D eigenvalue weighted by Crippen LogP contribution is 2.64. The maximum absolute atomic E-state index is 12.5. The summed E-state index contributed by atoms with van der Waals surface area (Å²) < 4.78 is 5.99. The number of esters is 1. The third kappa shape index (κ3) is 2.40. The molecule has 3 unspecified atom stereocenters. The Hall–Kier alpha value is -0.610. The Morgan fingerprint density at radius 3 is 2.52 bits per heavy atom. The van der Waals surface area contributed by atoms with E-state index in [0.717, 1.165) is 25.7 Å². The molecule has 0 spiro atoms. The van der Waals surface area contributed by atoms with Gasteiger partial charge in [-0.25, -0.2) is 0 Å². The Kier molecular flexibility index (Phi) is 3.24. The van der Waals surface area contributed by atoms with Crippen molar-refractivity contribution < 1.29 is 19.7 Å². The topological polar surface area (TPSA) is 66.8 Å². The molecule has 4 atom stereocenters. The number of carbonyl (C=O) groups excluding carboxylic acids is 1. The molecule has 0 aliphatic heterocycles. The van der Waals surface area contributed by atoms with Gasteiger partial charge in [-0.3, -0.25) is 4.79 Å². The molecule has 4 bridgehead atoms. The van der Waals surface area contributed by atoms with E-state index in [9.17, 15) is 15.0 Å². The highest BCUT2D eigenvalue weighted by molar-refractivity contribution is 5.76. The van der Waals surface area contributed by atoms with Crippen molar-refractivity contribution in [3.63, 3.8) is 0 Å². The Morgan fingerprint density at radius 2 is 1.95 bits per heavy atom. The van der Waals surface area contributed by atoms with E-state index in [1.54, 1.807) is 0 Å². The van der Waals surface area contributed by atoms with Gasteiger partial charge in [-0.05, 0) is 58.3 Å². The summed E-state index contributed by atoms with van der Waals surface area (Å²) >= 11 is 0. The van der Waals surface area contributed by atoms with Gasteiger partial charge in [-0.15, -0.1) is 0 Å². The highest BCUT2D eigenvalue weighted by Gasteiger charge is 2.64. The average molecular weight is 296 g/mol. The molecule has 120 valence electrons. The zero-order chi connectivity index (χ0) is 15.5. The van der Waals surface area contributed by atoms with Crippen molar-refractivity contribution in [2.24, 2.45) is 16.7 Å². The van der Waals surface area contributed by atoms with Crippen LogP contribution in [0.2, 0.25) is 0 Å². The number of rotatable bonds is 4. The van der Waals surface area contributed by atoms with Crippen LogP contribution in [-0.4, -0.2) is 34.0 Å². The van der Waals surface area contributed by atoms with Crippen molar-refractivity contribution in [1.82, 2.24) is 0 Å². The molecule has 0 aromatic rings. The number of carbonyl (C=O) groups is 1. The standard InChI is InChI=1S/C17H28O4/c1-4-14(2,3)13(19)21-17-7-12-5-15(9-17,11-18)8-16(20,6-12)10-17/h12,18,20H,4-11H2,1-3H3/t12?,15?,16-,17?/m1/s1. The summed E-state index contributed by atoms with van der Waals surface area (Å²) in [4.78, 5) is 12.5. The molecule has 4 aliphatic rings. The van der Waals surface area contributed by atoms with Crippen LogP contribution in [0.25, 0.3) is 0 Å². The summed E-state index contributed by atoms with van der Waals surface area (Å²) in [6.07, 6.45) is 5.25. The van der Waals surface area contributed by atoms with Crippen molar-refractivity contribution in [1.29, 1.82) is 0 Å². The zero-order valence-corrected chi connectivity index (χ0v) is 13.4. The van der Waals surface area contributed by atoms with E-state index in [2.05, 4.69) is 0 Å². The zero-order valence-electron chi connectivity index (χ0n) is 13.4. The minimum Gasteiger partial charge on any atom is -0.459 e. The van der Waals surface area contributed by atoms with Gasteiger partial charge in [0.1, 0.15) is 5.60 Å². The summed E-state index contributed by atoms with van der Waals surface area (Å²) in [6.45, 7) is 5.89. The lowest BCUT2D eigenvalue weighted by Crippen LogP contribution is -2.65. The Bertz CT molecular complexity index is 460. The number of aliphatic hydroxyl groups excluding tert-OH is 1. The van der Waals surface area contributed by atoms with E-state index in [0.29, 0.717) is 25.2 Å². The van der Waals surface area contributed by atoms with Gasteiger partial charge in [0.15, 0.2) is 0 Å². The van der Waals surface area contributed by atoms with Crippen molar-refractivity contribution >= 4 is 5.97 Å². The van der Waals surface area contributed by atoms with Gasteiger partial charge in [0.2, 0.25) is 0 Å². The summed E-state index contributed by atoms with van der Waals surface area (Å²) in [5.74, 6) is 0.208. The number of hydrogen-bond acceptors (Lipinski definition) is 4. The van der Waals surface area contributed by atoms with Crippen LogP contribution in [0.1, 0.15) is 65.7 Å². The number of aliphatic hydroxyl groups is 2. The van der Waals surface area contributed by atoms with E-state index < -0.39 is 16.6 Å². The van der Waals surface area contributed by atoms with E-state index in [1.807, 2.05) is 20.8 Å². The van der Waals surface area contributed by atoms with Crippen LogP contribution < -0.4 is 0 Å². The molecule has 0 heterocycles. The molecule has 0 aromatic heterocycles. The Labute approximate surface area is 126 Å². The van der Waals surface area contributed by atoms with E-state index in [4.69, 9.17) is 4.74 Å². The number of ether oxygens (including phenoxy) is 1. The molecular formula is C17H28O4. The van der Waals surface area contributed by atoms with E-state index >= 15 is 0 Å². The molecule has 4 saturated carbocycles. The fraction of sp³-hybridized carbons (Fsp3) is 0.941. The molecule has 21 heavy (non-hydrogen) atoms. The van der Waals surface area contributed by atoms with Crippen molar-refractivity contribution in [2.75, 3.05) is 6.61 Å². The van der Waals surface area contributed by atoms with Crippen LogP contribution in [0.3, 0.4) is 0 Å². The lowest BCUT2D eigenvalue weighted by molar-refractivity contribution is -0.252. The van der Waals surface area contributed by atoms with Crippen molar-refractivity contribution in [3.05, 3.63) is 0 Å². The van der Waals surface area contributed by atoms with Crippen LogP contribution in [0, 0.1) is 16.7 Å². The van der Waals surface area contributed by atoms with Crippen LogP contribution in [0.5, 0.6) is 0 Å². The maximum Gasteiger partial charge on any atom is 0.312 e. The molecule has 0 amide bonds. The van der Waals surface area contributed by atoms with Gasteiger partial charge in [-0.2, -0.15) is 0 Å². The van der Waals surface area contributed by atoms with Crippen LogP contribution in [0.4, 0.5) is 0 Å². The summed E-state index contributed by atoms with van der Waals surface area (Å²) in [5, 5.41) is 20.7. The predicted octanol–water partition coefficient (Wildman–Crippen LogP) is 2.41. The third-order valence-electron chi connectivity index (χ3n) is 6.18. The molecule has 4 fully saturated rings. The predicted molar refractivity (Wildman–Crippen MR) is 78.6 cm³/mol. The highest BCUT2D eigenvalue weighted by atomic mass is 16.6. The molecule has 4 rings (SSSR count). The monoisotopic (exact) mass is 296 g/mol. The molecule has 0 saturated heterocycles. The minimum absolute atomic E-state index is 0.0856. The lowest BCUT2D eigenvalue weighted by atomic mass is 9.46. The largest absolute Gasteiger partial charge is 0.459 e. The molecular weight excluding hydrogens is 268 g/mol. The molecule has 0 radical (unpaired) electrons. The van der Waals surface area contributed by atoms with Gasteiger partial charge in [0.05, 0.1) is 11.0 Å². The van der Waals surface area contributed by atoms with Gasteiger partial charge >= 0.3 is 5.97 Å². The summed E-state index contributed by atoms with van der Waals surface area (Å²) in [5.41, 5.74) is -2.04. The van der Waals surface area contributed by atoms with Crippen LogP contribution >= 0.6 is 0 Å². The van der Waals surface area contributed by atoms with Crippen LogP contribution in [-0.2, 0) is 9.53 Å². The lowest BCUT2D eigenvalue weighted by Gasteiger charge is -2.63. The molecule has 4 aliphatic carbocycles. The quantitative estimate of drug-likeness (QED) is 0.782. The smallest absolute Gasteiger partial charge is 0.312 e. The second kappa shape index (κ2) is 4.45. The maximum atomic E-state index is 12.5. The molecule has 2 N–H and O–H groups in total. The van der Waals surface area contributed by atoms with E-state index in [1.165, 1.54) is 0 Å². The summed E-state index contributed by atoms with van der Waals surface area (Å²) in [6, 6.07) is 0. The third-order valence-corrected chi connectivity index (χ3v) is 6.18. The minimum atomic E-state index is -0.751. The SMILES string of the molecule is CCC(C)(C)C(=O)OC12CC3CC(CO)(C1)C[C@](O)(C3)C2. The first-order valence-corrected chi connectivity index (χ1v) is 8.22. The first-order chi connectivity index (χ1) is 9.66. The average Bonchev–Trinajstić information content (AvgIpc) is 2.35. The molecule has 4 heteroatoms. The van der Waals surface area contributed by atoms with Gasteiger partial charge in [-0.1, -0.05) is 6.92 Å². The first kappa shape index (κ1) is 15.3. The Morgan fingerprint density at radius 1 is 1.24 bits per heavy atom. The second-order valence-electron chi connectivity index (χ2n) is 8.70. The summed E-state index contributed by atoms with van der Waals surface area (Å²) in [7, 11) is 0. The van der Waals surface area contributed by atoms with Crippen LogP contribution in [0.15, 0.2) is 0 Å². The fourth-order valence-electron chi connectivity index (χ4n) is 5.26. The van der Waals surface area contributed by atoms with Crippen molar-refractivity contribution in [2.45, 2.75) is 76.9 Å².